The van der Waals surface area contributed by atoms with Crippen molar-refractivity contribution >= 4 is 12.4 Å². The summed E-state index contributed by atoms with van der Waals surface area (Å²) in [5.41, 5.74) is 6.54. The van der Waals surface area contributed by atoms with Crippen LogP contribution in [-0.4, -0.2) is 43.6 Å². The Morgan fingerprint density at radius 1 is 1.36 bits per heavy atom. The van der Waals surface area contributed by atoms with E-state index in [0.29, 0.717) is 13.2 Å². The summed E-state index contributed by atoms with van der Waals surface area (Å²) in [6.45, 7) is 4.58. The first kappa shape index (κ1) is 19.0. The van der Waals surface area contributed by atoms with E-state index in [0.717, 1.165) is 18.7 Å². The Labute approximate surface area is 133 Å². The standard InChI is InChI=1S/C14H19F3N2O2.ClH/c1-10(19-6-7-20-13(8-18)9-19)11-2-4-12(5-3-11)21-14(15,16)17;/h2-5,10,13H,6-9,18H2,1H3;1H. The minimum Gasteiger partial charge on any atom is -0.406 e. The van der Waals surface area contributed by atoms with Crippen LogP contribution in [-0.2, 0) is 4.74 Å². The topological polar surface area (TPSA) is 47.7 Å². The number of alkyl halides is 3. The van der Waals surface area contributed by atoms with Crippen molar-refractivity contribution in [2.45, 2.75) is 25.4 Å². The van der Waals surface area contributed by atoms with Crippen molar-refractivity contribution in [3.8, 4) is 5.75 Å². The lowest BCUT2D eigenvalue weighted by Crippen LogP contribution is -2.46. The van der Waals surface area contributed by atoms with Crippen molar-refractivity contribution < 1.29 is 22.6 Å². The predicted octanol–water partition coefficient (Wildman–Crippen LogP) is 2.73. The van der Waals surface area contributed by atoms with Crippen molar-refractivity contribution in [2.75, 3.05) is 26.2 Å². The van der Waals surface area contributed by atoms with Crippen LogP contribution in [0.4, 0.5) is 13.2 Å². The Morgan fingerprint density at radius 3 is 2.55 bits per heavy atom. The van der Waals surface area contributed by atoms with Crippen molar-refractivity contribution in [3.05, 3.63) is 29.8 Å². The lowest BCUT2D eigenvalue weighted by molar-refractivity contribution is -0.274. The Balaban J connectivity index is 0.00000242. The SMILES string of the molecule is CC(c1ccc(OC(F)(F)F)cc1)N1CCOC(CN)C1.Cl. The third-order valence-corrected chi connectivity index (χ3v) is 3.58. The second-order valence-corrected chi connectivity index (χ2v) is 5.02. The van der Waals surface area contributed by atoms with Crippen LogP contribution in [0.15, 0.2) is 24.3 Å². The van der Waals surface area contributed by atoms with Crippen molar-refractivity contribution in [1.29, 1.82) is 0 Å². The highest BCUT2D eigenvalue weighted by Gasteiger charge is 2.31. The maximum Gasteiger partial charge on any atom is 0.573 e. The molecule has 8 heteroatoms. The van der Waals surface area contributed by atoms with E-state index >= 15 is 0 Å². The zero-order chi connectivity index (χ0) is 15.5. The molecule has 2 atom stereocenters. The van der Waals surface area contributed by atoms with Crippen molar-refractivity contribution in [2.24, 2.45) is 5.73 Å². The van der Waals surface area contributed by atoms with Crippen LogP contribution in [0.3, 0.4) is 0 Å². The first-order valence-corrected chi connectivity index (χ1v) is 6.80. The second kappa shape index (κ2) is 8.01. The van der Waals surface area contributed by atoms with Crippen molar-refractivity contribution in [1.82, 2.24) is 4.90 Å². The third kappa shape index (κ3) is 5.31. The van der Waals surface area contributed by atoms with Gasteiger partial charge in [-0.05, 0) is 24.6 Å². The fourth-order valence-corrected chi connectivity index (χ4v) is 2.40. The minimum absolute atomic E-state index is 0. The number of nitrogens with two attached hydrogens (primary N) is 1. The van der Waals surface area contributed by atoms with Gasteiger partial charge in [-0.15, -0.1) is 25.6 Å². The summed E-state index contributed by atoms with van der Waals surface area (Å²) < 4.78 is 45.7. The summed E-state index contributed by atoms with van der Waals surface area (Å²) in [5.74, 6) is -0.208. The monoisotopic (exact) mass is 340 g/mol. The van der Waals surface area contributed by atoms with Gasteiger partial charge in [0.2, 0.25) is 0 Å². The van der Waals surface area contributed by atoms with Gasteiger partial charge in [-0.1, -0.05) is 12.1 Å². The normalized spacial score (nSPS) is 21.0. The van der Waals surface area contributed by atoms with Crippen LogP contribution in [0.1, 0.15) is 18.5 Å². The van der Waals surface area contributed by atoms with Crippen molar-refractivity contribution in [3.63, 3.8) is 0 Å². The summed E-state index contributed by atoms with van der Waals surface area (Å²) in [6, 6.07) is 6.06. The Morgan fingerprint density at radius 2 is 2.00 bits per heavy atom. The molecule has 2 N–H and O–H groups in total. The molecule has 2 rings (SSSR count). The highest BCUT2D eigenvalue weighted by atomic mass is 35.5. The van der Waals surface area contributed by atoms with Gasteiger partial charge in [-0.25, -0.2) is 0 Å². The Bertz CT molecular complexity index is 456. The van der Waals surface area contributed by atoms with Gasteiger partial charge in [-0.3, -0.25) is 4.90 Å². The number of morpholine rings is 1. The van der Waals surface area contributed by atoms with Gasteiger partial charge in [0.1, 0.15) is 5.75 Å². The van der Waals surface area contributed by atoms with Crippen LogP contribution < -0.4 is 10.5 Å². The van der Waals surface area contributed by atoms with E-state index in [9.17, 15) is 13.2 Å². The minimum atomic E-state index is -4.66. The molecule has 1 saturated heterocycles. The highest BCUT2D eigenvalue weighted by molar-refractivity contribution is 5.85. The molecule has 0 saturated carbocycles. The van der Waals surface area contributed by atoms with E-state index in [1.165, 1.54) is 12.1 Å². The maximum absolute atomic E-state index is 12.1. The van der Waals surface area contributed by atoms with E-state index in [4.69, 9.17) is 10.5 Å². The summed E-state index contributed by atoms with van der Waals surface area (Å²) in [7, 11) is 0. The number of hydrogen-bond donors (Lipinski definition) is 1. The predicted molar refractivity (Wildman–Crippen MR) is 79.2 cm³/mol. The van der Waals surface area contributed by atoms with Crippen LogP contribution in [0, 0.1) is 0 Å². The fourth-order valence-electron chi connectivity index (χ4n) is 2.40. The molecule has 0 amide bonds. The van der Waals surface area contributed by atoms with E-state index in [2.05, 4.69) is 9.64 Å². The summed E-state index contributed by atoms with van der Waals surface area (Å²) in [5, 5.41) is 0. The number of benzene rings is 1. The largest absolute Gasteiger partial charge is 0.573 e. The van der Waals surface area contributed by atoms with E-state index in [1.54, 1.807) is 12.1 Å². The quantitative estimate of drug-likeness (QED) is 0.915. The molecule has 1 aliphatic heterocycles. The van der Waals surface area contributed by atoms with E-state index in [1.807, 2.05) is 6.92 Å². The average Bonchev–Trinajstić information content (AvgIpc) is 2.46. The first-order chi connectivity index (χ1) is 9.89. The van der Waals surface area contributed by atoms with Crippen LogP contribution in [0.5, 0.6) is 5.75 Å². The molecular weight excluding hydrogens is 321 g/mol. The number of halogens is 4. The molecule has 1 aromatic carbocycles. The number of hydrogen-bond acceptors (Lipinski definition) is 4. The molecule has 0 spiro atoms. The van der Waals surface area contributed by atoms with E-state index < -0.39 is 6.36 Å². The summed E-state index contributed by atoms with van der Waals surface area (Å²) >= 11 is 0. The van der Waals surface area contributed by atoms with Gasteiger partial charge in [0.15, 0.2) is 0 Å². The zero-order valence-corrected chi connectivity index (χ0v) is 13.0. The molecule has 1 heterocycles. The van der Waals surface area contributed by atoms with E-state index in [-0.39, 0.29) is 30.3 Å². The van der Waals surface area contributed by atoms with Gasteiger partial charge < -0.3 is 15.2 Å². The maximum atomic E-state index is 12.1. The highest BCUT2D eigenvalue weighted by Crippen LogP contribution is 2.27. The second-order valence-electron chi connectivity index (χ2n) is 5.02. The number of nitrogens with zero attached hydrogens (tertiary/aromatic N) is 1. The van der Waals surface area contributed by atoms with Gasteiger partial charge in [0.25, 0.3) is 0 Å². The van der Waals surface area contributed by atoms with Crippen LogP contribution >= 0.6 is 12.4 Å². The van der Waals surface area contributed by atoms with Crippen LogP contribution in [0.2, 0.25) is 0 Å². The average molecular weight is 341 g/mol. The molecule has 2 unspecified atom stereocenters. The van der Waals surface area contributed by atoms with Gasteiger partial charge in [0.05, 0.1) is 12.7 Å². The summed E-state index contributed by atoms with van der Waals surface area (Å²) in [6.07, 6.45) is -4.65. The molecule has 0 aromatic heterocycles. The molecule has 4 nitrogen and oxygen atoms in total. The number of ether oxygens (including phenoxy) is 2. The molecular formula is C14H20ClF3N2O2. The smallest absolute Gasteiger partial charge is 0.406 e. The molecule has 22 heavy (non-hydrogen) atoms. The molecule has 0 radical (unpaired) electrons. The fraction of sp³-hybridized carbons (Fsp3) is 0.571. The van der Waals surface area contributed by atoms with Gasteiger partial charge >= 0.3 is 6.36 Å². The lowest BCUT2D eigenvalue weighted by Gasteiger charge is -2.36. The Hall–Kier alpha value is -1.02. The number of rotatable bonds is 4. The molecule has 0 bridgehead atoms. The molecule has 1 fully saturated rings. The van der Waals surface area contributed by atoms with Gasteiger partial charge in [-0.2, -0.15) is 0 Å². The molecule has 1 aromatic rings. The van der Waals surface area contributed by atoms with Gasteiger partial charge in [0, 0.05) is 25.7 Å². The zero-order valence-electron chi connectivity index (χ0n) is 12.2. The van der Waals surface area contributed by atoms with Crippen LogP contribution in [0.25, 0.3) is 0 Å². The lowest BCUT2D eigenvalue weighted by atomic mass is 10.1. The molecule has 1 aliphatic rings. The molecule has 0 aliphatic carbocycles. The first-order valence-electron chi connectivity index (χ1n) is 6.80. The summed E-state index contributed by atoms with van der Waals surface area (Å²) in [4.78, 5) is 2.21. The third-order valence-electron chi connectivity index (χ3n) is 3.58. The molecule has 126 valence electrons. The Kier molecular flexibility index (Phi) is 6.93.